The number of fused-ring (bicyclic) bond motifs is 2. The maximum Gasteiger partial charge on any atom is 0.327 e. The zero-order valence-corrected chi connectivity index (χ0v) is 27.4. The summed E-state index contributed by atoms with van der Waals surface area (Å²) in [6.45, 7) is 17.2. The van der Waals surface area contributed by atoms with E-state index in [2.05, 4.69) is 52.8 Å². The molecule has 0 aliphatic carbocycles. The van der Waals surface area contributed by atoms with Gasteiger partial charge in [-0.15, -0.1) is 0 Å². The average molecular weight is 612 g/mol. The number of rotatable bonds is 15. The number of quaternary nitrogens is 1. The summed E-state index contributed by atoms with van der Waals surface area (Å²) < 4.78 is 8.64. The molecule has 0 amide bonds. The first kappa shape index (κ1) is 35.4. The number of aromatic nitrogens is 6. The monoisotopic (exact) mass is 611 g/mol. The van der Waals surface area contributed by atoms with Crippen LogP contribution in [0, 0.1) is 5.92 Å². The molecule has 10 heteroatoms. The van der Waals surface area contributed by atoms with E-state index in [0.717, 1.165) is 53.7 Å². The number of hydrogen-bond acceptors (Lipinski definition) is 5. The molecule has 9 nitrogen and oxygen atoms in total. The maximum absolute atomic E-state index is 12.4. The number of H-pyrrole nitrogens is 2. The Morgan fingerprint density at radius 2 is 1.36 bits per heavy atom. The second-order valence-electron chi connectivity index (χ2n) is 12.4. The van der Waals surface area contributed by atoms with Crippen molar-refractivity contribution in [2.24, 2.45) is 5.92 Å². The molecule has 44 heavy (non-hydrogen) atoms. The molecule has 2 N–H and O–H groups in total. The number of pyridine rings is 2. The molecule has 0 unspecified atom stereocenters. The highest BCUT2D eigenvalue weighted by Gasteiger charge is 2.24. The van der Waals surface area contributed by atoms with Crippen LogP contribution in [0.15, 0.2) is 35.5 Å². The minimum absolute atomic E-state index is 0. The van der Waals surface area contributed by atoms with Gasteiger partial charge in [-0.05, 0) is 56.6 Å². The minimum Gasteiger partial charge on any atom is -1.00 e. The molecule has 5 rings (SSSR count). The summed E-state index contributed by atoms with van der Waals surface area (Å²) in [5, 5.41) is 7.79. The number of hydrogen-bond donors (Lipinski definition) is 2. The molecule has 0 atom stereocenters. The van der Waals surface area contributed by atoms with E-state index in [4.69, 9.17) is 4.74 Å². The van der Waals surface area contributed by atoms with Gasteiger partial charge in [0.2, 0.25) is 0 Å². The summed E-state index contributed by atoms with van der Waals surface area (Å²) in [7, 11) is 0. The van der Waals surface area contributed by atoms with Crippen LogP contribution in [0.3, 0.4) is 0 Å². The van der Waals surface area contributed by atoms with E-state index in [1.54, 1.807) is 23.2 Å². The number of ether oxygens (including phenoxy) is 1. The predicted octanol–water partition coefficient (Wildman–Crippen LogP) is 4.10. The third kappa shape index (κ3) is 9.44. The molecule has 0 aromatic carbocycles. The number of imidazole rings is 1. The highest BCUT2D eigenvalue weighted by molar-refractivity contribution is 5.83. The number of halogens is 1. The Kier molecular flexibility index (Phi) is 14.5. The SMILES string of the molecule is CCCC[N+](CCCC)(CCCC)CCCC.O=c1[nH]c2ncc(-c3cnc4[nH]ncc4c3)cc2n1CC1CCOCC1.[F-]. The summed E-state index contributed by atoms with van der Waals surface area (Å²) in [6, 6.07) is 4.02. The largest absolute Gasteiger partial charge is 1.00 e. The van der Waals surface area contributed by atoms with Crippen LogP contribution in [-0.4, -0.2) is 73.6 Å². The highest BCUT2D eigenvalue weighted by atomic mass is 19.0. The first-order valence-electron chi connectivity index (χ1n) is 16.8. The smallest absolute Gasteiger partial charge is 0.327 e. The van der Waals surface area contributed by atoms with Gasteiger partial charge >= 0.3 is 5.69 Å². The maximum atomic E-state index is 12.4. The highest BCUT2D eigenvalue weighted by Crippen LogP contribution is 2.25. The van der Waals surface area contributed by atoms with Crippen molar-refractivity contribution in [3.05, 3.63) is 41.2 Å². The van der Waals surface area contributed by atoms with Gasteiger partial charge in [-0.3, -0.25) is 14.6 Å². The van der Waals surface area contributed by atoms with Crippen molar-refractivity contribution in [3.8, 4) is 11.1 Å². The van der Waals surface area contributed by atoms with E-state index in [1.807, 2.05) is 12.1 Å². The van der Waals surface area contributed by atoms with Gasteiger partial charge in [0.1, 0.15) is 0 Å². The normalized spacial score (nSPS) is 14.0. The van der Waals surface area contributed by atoms with E-state index in [1.165, 1.54) is 82.0 Å². The van der Waals surface area contributed by atoms with Crippen molar-refractivity contribution in [2.75, 3.05) is 39.4 Å². The Morgan fingerprint density at radius 1 is 0.818 bits per heavy atom. The molecule has 5 heterocycles. The summed E-state index contributed by atoms with van der Waals surface area (Å²) in [4.78, 5) is 24.1. The van der Waals surface area contributed by atoms with Crippen LogP contribution in [-0.2, 0) is 11.3 Å². The van der Waals surface area contributed by atoms with Crippen molar-refractivity contribution in [3.63, 3.8) is 0 Å². The Morgan fingerprint density at radius 3 is 1.93 bits per heavy atom. The fourth-order valence-electron chi connectivity index (χ4n) is 6.20. The summed E-state index contributed by atoms with van der Waals surface area (Å²) in [5.41, 5.74) is 3.95. The molecule has 0 radical (unpaired) electrons. The van der Waals surface area contributed by atoms with Gasteiger partial charge in [-0.25, -0.2) is 14.8 Å². The lowest BCUT2D eigenvalue weighted by Gasteiger charge is -2.39. The molecule has 4 aromatic rings. The first-order valence-corrected chi connectivity index (χ1v) is 16.8. The van der Waals surface area contributed by atoms with Crippen molar-refractivity contribution in [2.45, 2.75) is 98.4 Å². The van der Waals surface area contributed by atoms with Gasteiger partial charge in [0.05, 0.1) is 37.9 Å². The standard InChI is InChI=1S/C18H18N6O2.C16H36N.FH/c25-18-22-17-15(24(18)10-11-1-3-26-4-2-11)6-13(8-20-17)12-5-14-9-21-23-16(14)19-7-12;1-5-9-13-17(14-10-6-2,15-11-7-3)16-12-8-4;/h5-9,11H,1-4,10H2,(H,19,21,23)(H,20,22,25);5-16H2,1-4H3;1H/q;+1;/p-1. The van der Waals surface area contributed by atoms with Crippen LogP contribution in [0.25, 0.3) is 33.3 Å². The van der Waals surface area contributed by atoms with Crippen molar-refractivity contribution in [1.29, 1.82) is 0 Å². The van der Waals surface area contributed by atoms with Crippen LogP contribution in [0.5, 0.6) is 0 Å². The van der Waals surface area contributed by atoms with E-state index in [9.17, 15) is 4.79 Å². The molecule has 1 fully saturated rings. The molecule has 1 aliphatic rings. The molecule has 244 valence electrons. The predicted molar refractivity (Wildman–Crippen MR) is 176 cm³/mol. The molecular weight excluding hydrogens is 557 g/mol. The quantitative estimate of drug-likeness (QED) is 0.197. The molecule has 1 aliphatic heterocycles. The van der Waals surface area contributed by atoms with E-state index in [0.29, 0.717) is 18.1 Å². The van der Waals surface area contributed by atoms with E-state index < -0.39 is 0 Å². The van der Waals surface area contributed by atoms with Crippen molar-refractivity contribution in [1.82, 2.24) is 29.7 Å². The second-order valence-corrected chi connectivity index (χ2v) is 12.4. The van der Waals surface area contributed by atoms with Crippen molar-refractivity contribution < 1.29 is 13.9 Å². The molecule has 0 bridgehead atoms. The number of unbranched alkanes of at least 4 members (excludes halogenated alkanes) is 4. The van der Waals surface area contributed by atoms with Crippen molar-refractivity contribution >= 4 is 22.2 Å². The summed E-state index contributed by atoms with van der Waals surface area (Å²) in [6.07, 6.45) is 18.3. The van der Waals surface area contributed by atoms with Crippen LogP contribution in [0.4, 0.5) is 0 Å². The lowest BCUT2D eigenvalue weighted by atomic mass is 10.0. The molecular formula is C34H54FN7O2. The zero-order valence-electron chi connectivity index (χ0n) is 27.4. The average Bonchev–Trinajstić information content (AvgIpc) is 3.64. The Hall–Kier alpha value is -3.11. The number of aromatic amines is 2. The fourth-order valence-corrected chi connectivity index (χ4v) is 6.20. The molecule has 1 saturated heterocycles. The van der Waals surface area contributed by atoms with Gasteiger partial charge in [-0.2, -0.15) is 5.10 Å². The Bertz CT molecular complexity index is 1400. The van der Waals surface area contributed by atoms with Gasteiger partial charge in [0.25, 0.3) is 0 Å². The Balaban J connectivity index is 0.000000260. The van der Waals surface area contributed by atoms with Gasteiger partial charge in [0.15, 0.2) is 11.3 Å². The third-order valence-corrected chi connectivity index (χ3v) is 8.98. The molecule has 0 saturated carbocycles. The van der Waals surface area contributed by atoms with Gasteiger partial charge in [-0.1, -0.05) is 53.4 Å². The molecule has 4 aromatic heterocycles. The third-order valence-electron chi connectivity index (χ3n) is 8.98. The molecule has 0 spiro atoms. The fraction of sp³-hybridized carbons (Fsp3) is 0.647. The summed E-state index contributed by atoms with van der Waals surface area (Å²) in [5.74, 6) is 0.452. The lowest BCUT2D eigenvalue weighted by Crippen LogP contribution is -3.00. The van der Waals surface area contributed by atoms with Crippen LogP contribution in [0.1, 0.15) is 91.9 Å². The zero-order chi connectivity index (χ0) is 30.5. The van der Waals surface area contributed by atoms with Crippen LogP contribution in [0.2, 0.25) is 0 Å². The van der Waals surface area contributed by atoms with E-state index >= 15 is 0 Å². The van der Waals surface area contributed by atoms with E-state index in [-0.39, 0.29) is 10.4 Å². The number of nitrogens with one attached hydrogen (secondary N) is 2. The second kappa shape index (κ2) is 18.0. The summed E-state index contributed by atoms with van der Waals surface area (Å²) >= 11 is 0. The van der Waals surface area contributed by atoms with Gasteiger partial charge < -0.3 is 13.9 Å². The minimum atomic E-state index is -0.112. The van der Waals surface area contributed by atoms with Crippen LogP contribution < -0.4 is 10.4 Å². The first-order chi connectivity index (χ1) is 21.0. The topological polar surface area (TPSA) is 101 Å². The number of nitrogens with zero attached hydrogens (tertiary/aromatic N) is 5. The Labute approximate surface area is 261 Å². The lowest BCUT2D eigenvalue weighted by molar-refractivity contribution is -0.929. The van der Waals surface area contributed by atoms with Crippen LogP contribution >= 0.6 is 0 Å². The van der Waals surface area contributed by atoms with Gasteiger partial charge in [0, 0.05) is 48.7 Å².